The number of hydrogen-bond donors (Lipinski definition) is 2. The predicted octanol–water partition coefficient (Wildman–Crippen LogP) is 6.97. The molecule has 0 fully saturated rings. The summed E-state index contributed by atoms with van der Waals surface area (Å²) in [6.45, 7) is 7.94. The molecule has 39 heavy (non-hydrogen) atoms. The highest BCUT2D eigenvalue weighted by Crippen LogP contribution is 2.36. The van der Waals surface area contributed by atoms with E-state index < -0.39 is 22.8 Å². The van der Waals surface area contributed by atoms with E-state index in [0.717, 1.165) is 6.42 Å². The Balaban J connectivity index is 1.93. The van der Waals surface area contributed by atoms with Crippen LogP contribution in [0.1, 0.15) is 34.1 Å². The number of amides is 2. The molecule has 0 radical (unpaired) electrons. The van der Waals surface area contributed by atoms with Gasteiger partial charge in [0.2, 0.25) is 5.91 Å². The van der Waals surface area contributed by atoms with Gasteiger partial charge in [-0.3, -0.25) is 9.59 Å². The van der Waals surface area contributed by atoms with Crippen molar-refractivity contribution in [1.29, 1.82) is 0 Å². The molecule has 0 saturated heterocycles. The van der Waals surface area contributed by atoms with Crippen LogP contribution in [0.2, 0.25) is 10.0 Å². The van der Waals surface area contributed by atoms with Gasteiger partial charge in [0.1, 0.15) is 5.69 Å². The van der Waals surface area contributed by atoms with Crippen LogP contribution in [0.5, 0.6) is 0 Å². The van der Waals surface area contributed by atoms with E-state index in [0.29, 0.717) is 38.3 Å². The van der Waals surface area contributed by atoms with E-state index in [1.54, 1.807) is 42.5 Å². The smallest absolute Gasteiger partial charge is 0.260 e. The maximum atomic E-state index is 13.1. The van der Waals surface area contributed by atoms with Crippen molar-refractivity contribution in [3.63, 3.8) is 0 Å². The van der Waals surface area contributed by atoms with Crippen LogP contribution in [-0.2, 0) is 9.59 Å². The largest absolute Gasteiger partial charge is 0.356 e. The predicted molar refractivity (Wildman–Crippen MR) is 159 cm³/mol. The number of carbonyl (C=O) groups excluding carboxylic acids is 2. The normalized spacial score (nSPS) is 13.8. The number of rotatable bonds is 11. The van der Waals surface area contributed by atoms with Crippen molar-refractivity contribution in [3.05, 3.63) is 58.6 Å². The molecule has 3 unspecified atom stereocenters. The number of benzene rings is 2. The molecule has 0 aliphatic carbocycles. The lowest BCUT2D eigenvalue weighted by molar-refractivity contribution is -0.124. The van der Waals surface area contributed by atoms with Crippen LogP contribution in [0.25, 0.3) is 22.6 Å². The molecule has 3 aromatic rings. The quantitative estimate of drug-likeness (QED) is 0.227. The molecule has 3 atom stereocenters. The minimum atomic E-state index is -1.31. The molecule has 0 spiro atoms. The summed E-state index contributed by atoms with van der Waals surface area (Å²) in [5.74, 6) is -0.364. The molecule has 210 valence electrons. The zero-order valence-corrected chi connectivity index (χ0v) is 25.2. The minimum absolute atomic E-state index is 0.00902. The Morgan fingerprint density at radius 1 is 1.05 bits per heavy atom. The molecule has 3 N–H and O–H groups in total. The lowest BCUT2D eigenvalue weighted by Crippen LogP contribution is -2.54. The van der Waals surface area contributed by atoms with Crippen LogP contribution < -0.4 is 16.0 Å². The third-order valence-corrected chi connectivity index (χ3v) is 7.70. The van der Waals surface area contributed by atoms with Gasteiger partial charge in [-0.05, 0) is 36.1 Å². The first-order chi connectivity index (χ1) is 18.4. The van der Waals surface area contributed by atoms with Crippen LogP contribution in [0.15, 0.2) is 53.1 Å². The van der Waals surface area contributed by atoms with Crippen molar-refractivity contribution in [2.24, 2.45) is 17.6 Å². The number of aromatic nitrogens is 1. The fourth-order valence-electron chi connectivity index (χ4n) is 3.95. The van der Waals surface area contributed by atoms with Crippen LogP contribution in [0, 0.1) is 11.8 Å². The lowest BCUT2D eigenvalue weighted by atomic mass is 9.97. The zero-order valence-electron chi connectivity index (χ0n) is 22.1. The molecule has 1 aromatic heterocycles. The number of alkyl halides is 2. The van der Waals surface area contributed by atoms with Gasteiger partial charge in [0, 0.05) is 35.5 Å². The average Bonchev–Trinajstić information content (AvgIpc) is 3.39. The molecule has 0 saturated carbocycles. The van der Waals surface area contributed by atoms with Gasteiger partial charge in [0.25, 0.3) is 5.91 Å². The highest BCUT2D eigenvalue weighted by atomic mass is 35.5. The molecule has 0 bridgehead atoms. The topological polar surface area (TPSA) is 101 Å². The molecule has 3 rings (SSSR count). The van der Waals surface area contributed by atoms with Gasteiger partial charge in [0.15, 0.2) is 10.6 Å². The Bertz CT molecular complexity index is 1280. The lowest BCUT2D eigenvalue weighted by Gasteiger charge is -2.32. The monoisotopic (exact) mass is 612 g/mol. The Morgan fingerprint density at radius 2 is 1.69 bits per heavy atom. The van der Waals surface area contributed by atoms with Crippen molar-refractivity contribution >= 4 is 63.9 Å². The summed E-state index contributed by atoms with van der Waals surface area (Å²) < 4.78 is 5.60. The first-order valence-electron chi connectivity index (χ1n) is 12.6. The van der Waals surface area contributed by atoms with Gasteiger partial charge in [-0.2, -0.15) is 0 Å². The highest BCUT2D eigenvalue weighted by molar-refractivity contribution is 6.54. The Morgan fingerprint density at radius 3 is 2.28 bits per heavy atom. The van der Waals surface area contributed by atoms with E-state index in [4.69, 9.17) is 56.7 Å². The van der Waals surface area contributed by atoms with E-state index in [1.165, 1.54) is 4.90 Å². The van der Waals surface area contributed by atoms with Crippen molar-refractivity contribution in [1.82, 2.24) is 10.5 Å². The van der Waals surface area contributed by atoms with Gasteiger partial charge in [-0.25, -0.2) is 0 Å². The second-order valence-corrected chi connectivity index (χ2v) is 11.7. The maximum absolute atomic E-state index is 13.1. The third kappa shape index (κ3) is 7.68. The molecular formula is C28H32Cl4N4O3. The van der Waals surface area contributed by atoms with Gasteiger partial charge in [0.05, 0.1) is 16.1 Å². The van der Waals surface area contributed by atoms with E-state index in [9.17, 15) is 9.59 Å². The molecule has 7 nitrogen and oxygen atoms in total. The number of nitrogens with one attached hydrogen (secondary N) is 1. The van der Waals surface area contributed by atoms with Crippen molar-refractivity contribution in [3.8, 4) is 22.6 Å². The van der Waals surface area contributed by atoms with E-state index in [1.807, 2.05) is 33.8 Å². The second kappa shape index (κ2) is 13.9. The summed E-state index contributed by atoms with van der Waals surface area (Å²) in [5, 5.41) is 8.03. The van der Waals surface area contributed by atoms with Gasteiger partial charge in [-0.15, -0.1) is 0 Å². The Kier molecular flexibility index (Phi) is 11.1. The van der Waals surface area contributed by atoms with Crippen LogP contribution in [0.3, 0.4) is 0 Å². The molecular weight excluding hydrogens is 582 g/mol. The molecule has 0 aliphatic rings. The van der Waals surface area contributed by atoms with Crippen LogP contribution in [0.4, 0.5) is 5.69 Å². The summed E-state index contributed by atoms with van der Waals surface area (Å²) >= 11 is 24.7. The molecule has 11 heteroatoms. The second-order valence-electron chi connectivity index (χ2n) is 9.74. The average molecular weight is 614 g/mol. The molecule has 0 aliphatic heterocycles. The summed E-state index contributed by atoms with van der Waals surface area (Å²) in [6, 6.07) is 12.9. The minimum Gasteiger partial charge on any atom is -0.356 e. The summed E-state index contributed by atoms with van der Waals surface area (Å²) in [4.78, 5) is 26.2. The van der Waals surface area contributed by atoms with Gasteiger partial charge < -0.3 is 20.5 Å². The summed E-state index contributed by atoms with van der Waals surface area (Å²) in [6.07, 6.45) is 0.768. The number of nitrogens with two attached hydrogens (primary N) is 1. The SMILES string of the molecule is CCC(C)C(N)C(=O)NC(CN(C(=O)C(Cl)Cl)c1cccc(-c2cc(-c3c(Cl)cccc3Cl)no2)c1)C(C)C. The van der Waals surface area contributed by atoms with E-state index in [2.05, 4.69) is 10.5 Å². The van der Waals surface area contributed by atoms with Crippen molar-refractivity contribution in [2.75, 3.05) is 11.4 Å². The number of halogens is 4. The number of hydrogen-bond acceptors (Lipinski definition) is 5. The Hall–Kier alpha value is -2.29. The van der Waals surface area contributed by atoms with E-state index >= 15 is 0 Å². The standard InChI is InChI=1S/C28H32Cl4N4O3/c1-5-16(4)25(33)27(37)34-22(15(2)3)14-36(28(38)26(31)32)18-9-6-8-17(12-18)23-13-21(35-39-23)24-19(29)10-7-11-20(24)30/h6-13,15-16,22,25-26H,5,14,33H2,1-4H3,(H,34,37). The third-order valence-electron chi connectivity index (χ3n) is 6.70. The zero-order chi connectivity index (χ0) is 28.9. The van der Waals surface area contributed by atoms with Crippen LogP contribution >= 0.6 is 46.4 Å². The Labute approximate surface area is 248 Å². The highest BCUT2D eigenvalue weighted by Gasteiger charge is 2.30. The fourth-order valence-corrected chi connectivity index (χ4v) is 4.78. The first-order valence-corrected chi connectivity index (χ1v) is 14.2. The molecule has 1 heterocycles. The van der Waals surface area contributed by atoms with Crippen LogP contribution in [-0.4, -0.2) is 40.4 Å². The molecule has 2 aromatic carbocycles. The summed E-state index contributed by atoms with van der Waals surface area (Å²) in [7, 11) is 0. The summed E-state index contributed by atoms with van der Waals surface area (Å²) in [5.41, 5.74) is 8.35. The van der Waals surface area contributed by atoms with Crippen molar-refractivity contribution < 1.29 is 14.1 Å². The van der Waals surface area contributed by atoms with E-state index in [-0.39, 0.29) is 24.3 Å². The number of nitrogens with zero attached hydrogens (tertiary/aromatic N) is 2. The maximum Gasteiger partial charge on any atom is 0.260 e. The number of carbonyl (C=O) groups is 2. The first kappa shape index (κ1) is 31.2. The fraction of sp³-hybridized carbons (Fsp3) is 0.393. The number of anilines is 1. The van der Waals surface area contributed by atoms with Gasteiger partial charge in [-0.1, -0.05) is 104 Å². The van der Waals surface area contributed by atoms with Gasteiger partial charge >= 0.3 is 0 Å². The molecule has 2 amide bonds. The van der Waals surface area contributed by atoms with Crippen molar-refractivity contribution in [2.45, 2.75) is 51.0 Å².